The molecule has 0 bridgehead atoms. The number of amides is 3. The van der Waals surface area contributed by atoms with Crippen LogP contribution >= 0.6 is 0 Å². The third-order valence-electron chi connectivity index (χ3n) is 6.78. The Morgan fingerprint density at radius 1 is 1.14 bits per heavy atom. The molecule has 0 saturated carbocycles. The third kappa shape index (κ3) is 4.56. The van der Waals surface area contributed by atoms with Gasteiger partial charge in [-0.05, 0) is 27.9 Å². The smallest absolute Gasteiger partial charge is 0.331 e. The second-order valence-electron chi connectivity index (χ2n) is 9.91. The van der Waals surface area contributed by atoms with E-state index in [1.165, 1.54) is 4.90 Å². The number of allylic oxidation sites excluding steroid dienone is 1. The summed E-state index contributed by atoms with van der Waals surface area (Å²) in [6, 6.07) is 19.3. The minimum atomic E-state index is -2.84. The van der Waals surface area contributed by atoms with E-state index in [9.17, 15) is 15.1 Å². The van der Waals surface area contributed by atoms with Gasteiger partial charge in [-0.2, -0.15) is 0 Å². The van der Waals surface area contributed by atoms with Crippen molar-refractivity contribution < 1.29 is 18.8 Å². The van der Waals surface area contributed by atoms with Gasteiger partial charge < -0.3 is 9.16 Å². The first-order chi connectivity index (χ1) is 17.2. The van der Waals surface area contributed by atoms with Crippen molar-refractivity contribution in [3.8, 4) is 0 Å². The van der Waals surface area contributed by atoms with Gasteiger partial charge in [0.1, 0.15) is 11.9 Å². The van der Waals surface area contributed by atoms with Crippen LogP contribution in [-0.4, -0.2) is 50.1 Å². The number of nitrogens with zero attached hydrogens (tertiary/aromatic N) is 4. The van der Waals surface area contributed by atoms with Gasteiger partial charge in [-0.1, -0.05) is 92.6 Å². The molecule has 2 saturated heterocycles. The van der Waals surface area contributed by atoms with E-state index in [2.05, 4.69) is 60.4 Å². The van der Waals surface area contributed by atoms with Crippen LogP contribution in [0.3, 0.4) is 0 Å². The van der Waals surface area contributed by atoms with Crippen LogP contribution < -0.4 is 15.7 Å². The molecule has 0 aromatic heterocycles. The molecule has 2 aromatic carbocycles. The number of carbonyl (C=O) groups is 2. The molecule has 2 fully saturated rings. The molecule has 188 valence electrons. The molecule has 3 amide bonds. The molecule has 10 heteroatoms. The fraction of sp³-hybridized carbons (Fsp3) is 0.385. The Balaban J connectivity index is 1.68. The summed E-state index contributed by atoms with van der Waals surface area (Å²) in [6.45, 7) is 8.40. The quantitative estimate of drug-likeness (QED) is 0.154. The van der Waals surface area contributed by atoms with Crippen LogP contribution in [0.5, 0.6) is 0 Å². The van der Waals surface area contributed by atoms with E-state index in [0.29, 0.717) is 0 Å². The summed E-state index contributed by atoms with van der Waals surface area (Å²) in [4.78, 5) is 28.9. The molecule has 0 spiro atoms. The van der Waals surface area contributed by atoms with Gasteiger partial charge >= 0.3 is 6.03 Å². The number of azide groups is 1. The first-order valence-corrected chi connectivity index (χ1v) is 13.9. The Kier molecular flexibility index (Phi) is 7.32. The van der Waals surface area contributed by atoms with Gasteiger partial charge in [-0.25, -0.2) is 4.79 Å². The highest BCUT2D eigenvalue weighted by Gasteiger charge is 2.52. The molecule has 36 heavy (non-hydrogen) atoms. The van der Waals surface area contributed by atoms with Crippen LogP contribution in [0.1, 0.15) is 34.1 Å². The van der Waals surface area contributed by atoms with Crippen LogP contribution in [0.2, 0.25) is 5.04 Å². The molecule has 4 rings (SSSR count). The Bertz CT molecular complexity index is 1150. The van der Waals surface area contributed by atoms with E-state index in [0.717, 1.165) is 10.4 Å². The highest BCUT2D eigenvalue weighted by atomic mass is 28.4. The summed E-state index contributed by atoms with van der Waals surface area (Å²) in [6.07, 6.45) is 0.495. The lowest BCUT2D eigenvalue weighted by atomic mass is 10.1. The number of carbonyl (C=O) groups excluding carboxylic acids is 2. The number of benzene rings is 2. The summed E-state index contributed by atoms with van der Waals surface area (Å²) in [5.41, 5.74) is 9.43. The van der Waals surface area contributed by atoms with Crippen molar-refractivity contribution in [1.82, 2.24) is 10.2 Å². The van der Waals surface area contributed by atoms with E-state index in [4.69, 9.17) is 9.16 Å². The normalized spacial score (nSPS) is 23.6. The maximum atomic E-state index is 12.5. The van der Waals surface area contributed by atoms with Crippen molar-refractivity contribution in [2.45, 2.75) is 57.5 Å². The molecule has 3 atom stereocenters. The fourth-order valence-corrected chi connectivity index (χ4v) is 9.75. The minimum Gasteiger partial charge on any atom is -0.405 e. The summed E-state index contributed by atoms with van der Waals surface area (Å²) in [5.74, 6) is -0.474. The zero-order valence-electron chi connectivity index (χ0n) is 20.9. The highest BCUT2D eigenvalue weighted by Crippen LogP contribution is 2.38. The standard InChI is InChI=1S/C26H31N5O4Si/c1-5-21-24(32)28-25(33)31(21)23-16-20(29-30-27)22(35-23)17-34-36(26(2,3)4,18-12-8-6-9-13-18)19-14-10-7-11-15-19/h5-15,20,22-23H,16-17H2,1-4H3,(H,28,32,33)/b21-5+/t20-,22+,23?/m0/s1. The number of nitrogens with one attached hydrogen (secondary N) is 1. The Morgan fingerprint density at radius 3 is 2.22 bits per heavy atom. The fourth-order valence-electron chi connectivity index (χ4n) is 5.18. The first-order valence-electron chi connectivity index (χ1n) is 12.0. The molecule has 1 unspecified atom stereocenters. The van der Waals surface area contributed by atoms with Crippen LogP contribution in [-0.2, 0) is 14.0 Å². The topological polar surface area (TPSA) is 117 Å². The lowest BCUT2D eigenvalue weighted by molar-refractivity contribution is -0.116. The summed E-state index contributed by atoms with van der Waals surface area (Å²) >= 11 is 0. The number of imide groups is 1. The van der Waals surface area contributed by atoms with Gasteiger partial charge in [0.25, 0.3) is 14.2 Å². The second kappa shape index (κ2) is 10.3. The van der Waals surface area contributed by atoms with E-state index >= 15 is 0 Å². The molecule has 0 aliphatic carbocycles. The Hall–Kier alpha value is -3.43. The minimum absolute atomic E-state index is 0.169. The molecule has 1 N–H and O–H groups in total. The van der Waals surface area contributed by atoms with E-state index in [1.54, 1.807) is 13.0 Å². The van der Waals surface area contributed by atoms with Crippen LogP contribution in [0.15, 0.2) is 77.6 Å². The van der Waals surface area contributed by atoms with E-state index in [1.807, 2.05) is 36.4 Å². The van der Waals surface area contributed by atoms with E-state index < -0.39 is 38.6 Å². The summed E-state index contributed by atoms with van der Waals surface area (Å²) in [5, 5.41) is 8.27. The van der Waals surface area contributed by atoms with Crippen molar-refractivity contribution in [3.05, 3.63) is 82.9 Å². The van der Waals surface area contributed by atoms with Crippen molar-refractivity contribution in [2.24, 2.45) is 5.11 Å². The van der Waals surface area contributed by atoms with Gasteiger partial charge in [0.05, 0.1) is 18.8 Å². The zero-order chi connectivity index (χ0) is 25.9. The highest BCUT2D eigenvalue weighted by molar-refractivity contribution is 6.99. The second-order valence-corrected chi connectivity index (χ2v) is 14.2. The first kappa shape index (κ1) is 25.7. The lowest BCUT2D eigenvalue weighted by Gasteiger charge is -2.43. The average Bonchev–Trinajstić information content (AvgIpc) is 3.38. The van der Waals surface area contributed by atoms with Gasteiger partial charge in [0.2, 0.25) is 0 Å². The van der Waals surface area contributed by atoms with Crippen LogP contribution in [0.4, 0.5) is 4.79 Å². The van der Waals surface area contributed by atoms with Gasteiger partial charge in [0, 0.05) is 11.3 Å². The Morgan fingerprint density at radius 2 is 1.72 bits per heavy atom. The predicted molar refractivity (Wildman–Crippen MR) is 139 cm³/mol. The van der Waals surface area contributed by atoms with Gasteiger partial charge in [-0.15, -0.1) is 0 Å². The van der Waals surface area contributed by atoms with Crippen molar-refractivity contribution >= 4 is 30.6 Å². The molecule has 2 heterocycles. The van der Waals surface area contributed by atoms with Crippen molar-refractivity contribution in [3.63, 3.8) is 0 Å². The number of hydrogen-bond donors (Lipinski definition) is 1. The maximum Gasteiger partial charge on any atom is 0.331 e. The Labute approximate surface area is 211 Å². The van der Waals surface area contributed by atoms with Gasteiger partial charge in [-0.3, -0.25) is 15.0 Å². The molecule has 0 radical (unpaired) electrons. The van der Waals surface area contributed by atoms with Crippen molar-refractivity contribution in [2.75, 3.05) is 6.61 Å². The van der Waals surface area contributed by atoms with Gasteiger partial charge in [0.15, 0.2) is 0 Å². The largest absolute Gasteiger partial charge is 0.405 e. The molecular formula is C26H31N5O4Si. The number of urea groups is 1. The molecule has 2 aromatic rings. The molecule has 2 aliphatic rings. The summed E-state index contributed by atoms with van der Waals surface area (Å²) in [7, 11) is -2.84. The monoisotopic (exact) mass is 505 g/mol. The predicted octanol–water partition coefficient (Wildman–Crippen LogP) is 3.81. The third-order valence-corrected chi connectivity index (χ3v) is 11.8. The summed E-state index contributed by atoms with van der Waals surface area (Å²) < 4.78 is 13.2. The number of hydrogen-bond acceptors (Lipinski definition) is 5. The van der Waals surface area contributed by atoms with Crippen molar-refractivity contribution in [1.29, 1.82) is 0 Å². The molecule has 9 nitrogen and oxygen atoms in total. The van der Waals surface area contributed by atoms with E-state index in [-0.39, 0.29) is 23.8 Å². The van der Waals surface area contributed by atoms with Crippen LogP contribution in [0, 0.1) is 0 Å². The number of rotatable bonds is 7. The lowest BCUT2D eigenvalue weighted by Crippen LogP contribution is -2.67. The molecular weight excluding hydrogens is 474 g/mol. The molecule has 2 aliphatic heterocycles. The average molecular weight is 506 g/mol. The zero-order valence-corrected chi connectivity index (χ0v) is 21.9. The number of ether oxygens (including phenoxy) is 1. The van der Waals surface area contributed by atoms with Crippen LogP contribution in [0.25, 0.3) is 10.4 Å². The maximum absolute atomic E-state index is 12.5. The SMILES string of the molecule is C/C=C1\C(=O)NC(=O)N1C1C[C@H](N=[N+]=[N-])[C@@H](CO[Si](c2ccccc2)(c2ccccc2)C(C)(C)C)O1.